The van der Waals surface area contributed by atoms with Crippen molar-refractivity contribution in [2.75, 3.05) is 7.11 Å². The van der Waals surface area contributed by atoms with Crippen molar-refractivity contribution in [2.24, 2.45) is 5.92 Å². The second-order valence-corrected chi connectivity index (χ2v) is 5.92. The molecule has 0 aromatic heterocycles. The molecule has 1 heterocycles. The van der Waals surface area contributed by atoms with Crippen molar-refractivity contribution in [2.45, 2.75) is 12.0 Å². The molecule has 124 valence electrons. The van der Waals surface area contributed by atoms with Crippen molar-refractivity contribution in [1.82, 2.24) is 10.6 Å². The van der Waals surface area contributed by atoms with E-state index in [-0.39, 0.29) is 10.7 Å². The fourth-order valence-corrected chi connectivity index (χ4v) is 2.85. The summed E-state index contributed by atoms with van der Waals surface area (Å²) in [6.45, 7) is 0. The number of rotatable bonds is 4. The van der Waals surface area contributed by atoms with Gasteiger partial charge in [-0.25, -0.2) is 4.79 Å². The molecular weight excluding hydrogens is 354 g/mol. The lowest BCUT2D eigenvalue weighted by Crippen LogP contribution is -2.70. The molecule has 1 aromatic rings. The summed E-state index contributed by atoms with van der Waals surface area (Å²) in [6.07, 6.45) is -0.479. The lowest BCUT2D eigenvalue weighted by atomic mass is 9.77. The third-order valence-electron chi connectivity index (χ3n) is 3.61. The van der Waals surface area contributed by atoms with Gasteiger partial charge in [0, 0.05) is 17.0 Å². The molecule has 9 heteroatoms. The maximum atomic E-state index is 12.5. The molecular formula is C15H12ClN3O4S. The topological polar surface area (TPSA) is 108 Å². The molecule has 2 rings (SSSR count). The molecule has 1 aromatic carbocycles. The Morgan fingerprint density at radius 3 is 2.58 bits per heavy atom. The number of methoxy groups -OCH3 is 1. The molecule has 2 N–H and O–H groups in total. The van der Waals surface area contributed by atoms with Gasteiger partial charge in [0.2, 0.25) is 5.91 Å². The van der Waals surface area contributed by atoms with E-state index in [1.165, 1.54) is 24.3 Å². The first-order valence-electron chi connectivity index (χ1n) is 6.74. The summed E-state index contributed by atoms with van der Waals surface area (Å²) in [4.78, 5) is 36.9. The SMILES string of the molecule is COC(=O)[C@]1(CC(=O)c2ccc(Cl)cc2)NC(=S)NC(=O)[C@@H]1C#N. The van der Waals surface area contributed by atoms with Crippen LogP contribution in [-0.4, -0.2) is 35.4 Å². The number of nitriles is 1. The number of carbonyl (C=O) groups is 3. The van der Waals surface area contributed by atoms with Crippen molar-refractivity contribution in [1.29, 1.82) is 5.26 Å². The molecule has 7 nitrogen and oxygen atoms in total. The normalized spacial score (nSPS) is 22.8. The van der Waals surface area contributed by atoms with Crippen LogP contribution in [0.4, 0.5) is 0 Å². The van der Waals surface area contributed by atoms with Crippen LogP contribution in [0.25, 0.3) is 0 Å². The number of hydrogen-bond acceptors (Lipinski definition) is 6. The fraction of sp³-hybridized carbons (Fsp3) is 0.267. The molecule has 0 saturated carbocycles. The third kappa shape index (κ3) is 3.22. The van der Waals surface area contributed by atoms with Crippen LogP contribution < -0.4 is 10.6 Å². The van der Waals surface area contributed by atoms with Crippen LogP contribution >= 0.6 is 23.8 Å². The average molecular weight is 366 g/mol. The Morgan fingerprint density at radius 1 is 1.42 bits per heavy atom. The van der Waals surface area contributed by atoms with Gasteiger partial charge in [-0.3, -0.25) is 9.59 Å². The van der Waals surface area contributed by atoms with Crippen molar-refractivity contribution in [3.8, 4) is 6.07 Å². The number of nitrogens with one attached hydrogen (secondary N) is 2. The van der Waals surface area contributed by atoms with E-state index in [0.717, 1.165) is 7.11 Å². The Labute approximate surface area is 147 Å². The Balaban J connectivity index is 2.44. The van der Waals surface area contributed by atoms with Crippen LogP contribution in [0.15, 0.2) is 24.3 Å². The van der Waals surface area contributed by atoms with Crippen molar-refractivity contribution in [3.05, 3.63) is 34.9 Å². The van der Waals surface area contributed by atoms with Gasteiger partial charge in [-0.05, 0) is 36.5 Å². The number of Topliss-reactive ketones (excluding diaryl/α,β-unsaturated/α-hetero) is 1. The number of ketones is 1. The summed E-state index contributed by atoms with van der Waals surface area (Å²) >= 11 is 10.7. The predicted molar refractivity (Wildman–Crippen MR) is 88.1 cm³/mol. The molecule has 0 radical (unpaired) electrons. The molecule has 1 fully saturated rings. The number of hydrogen-bond donors (Lipinski definition) is 2. The number of benzene rings is 1. The van der Waals surface area contributed by atoms with Crippen LogP contribution in [0, 0.1) is 17.2 Å². The predicted octanol–water partition coefficient (Wildman–Crippen LogP) is 0.969. The molecule has 1 aliphatic rings. The third-order valence-corrected chi connectivity index (χ3v) is 4.07. The summed E-state index contributed by atoms with van der Waals surface area (Å²) in [6, 6.07) is 7.75. The molecule has 2 atom stereocenters. The van der Waals surface area contributed by atoms with Gasteiger partial charge in [0.05, 0.1) is 13.2 Å². The van der Waals surface area contributed by atoms with Gasteiger partial charge in [-0.1, -0.05) is 11.6 Å². The minimum absolute atomic E-state index is 0.152. The quantitative estimate of drug-likeness (QED) is 0.465. The minimum Gasteiger partial charge on any atom is -0.467 e. The molecule has 0 bridgehead atoms. The highest BCUT2D eigenvalue weighted by Crippen LogP contribution is 2.28. The highest BCUT2D eigenvalue weighted by atomic mass is 35.5. The Kier molecular flexibility index (Phi) is 5.17. The van der Waals surface area contributed by atoms with E-state index >= 15 is 0 Å². The van der Waals surface area contributed by atoms with Crippen LogP contribution in [0.1, 0.15) is 16.8 Å². The van der Waals surface area contributed by atoms with Gasteiger partial charge in [0.25, 0.3) is 0 Å². The standard InChI is InChI=1S/C15H12ClN3O4S/c1-23-13(22)15(10(7-17)12(21)18-14(24)19-15)6-11(20)8-2-4-9(16)5-3-8/h2-5,10H,6H2,1H3,(H2,18,19,21,24)/t10-,15+/m0/s1. The van der Waals surface area contributed by atoms with Crippen molar-refractivity contribution < 1.29 is 19.1 Å². The summed E-state index contributed by atoms with van der Waals surface area (Å²) < 4.78 is 4.71. The first kappa shape index (κ1) is 17.8. The number of ether oxygens (including phenoxy) is 1. The van der Waals surface area contributed by atoms with E-state index < -0.39 is 35.5 Å². The summed E-state index contributed by atoms with van der Waals surface area (Å²) in [7, 11) is 1.10. The van der Waals surface area contributed by atoms with Gasteiger partial charge in [-0.15, -0.1) is 0 Å². The second-order valence-electron chi connectivity index (χ2n) is 5.08. The molecule has 0 aliphatic carbocycles. The number of nitrogens with zero attached hydrogens (tertiary/aromatic N) is 1. The Morgan fingerprint density at radius 2 is 2.04 bits per heavy atom. The van der Waals surface area contributed by atoms with E-state index in [0.29, 0.717) is 5.02 Å². The fourth-order valence-electron chi connectivity index (χ4n) is 2.44. The number of esters is 1. The molecule has 1 amide bonds. The van der Waals surface area contributed by atoms with Crippen LogP contribution in [0.3, 0.4) is 0 Å². The maximum absolute atomic E-state index is 12.5. The monoisotopic (exact) mass is 365 g/mol. The van der Waals surface area contributed by atoms with E-state index in [4.69, 9.17) is 28.6 Å². The van der Waals surface area contributed by atoms with Crippen molar-refractivity contribution in [3.63, 3.8) is 0 Å². The molecule has 0 unspecified atom stereocenters. The van der Waals surface area contributed by atoms with Crippen LogP contribution in [0.2, 0.25) is 5.02 Å². The van der Waals surface area contributed by atoms with Crippen LogP contribution in [0.5, 0.6) is 0 Å². The first-order chi connectivity index (χ1) is 11.3. The molecule has 24 heavy (non-hydrogen) atoms. The minimum atomic E-state index is -1.89. The van der Waals surface area contributed by atoms with Gasteiger partial charge in [0.1, 0.15) is 0 Å². The highest BCUT2D eigenvalue weighted by molar-refractivity contribution is 7.80. The lowest BCUT2D eigenvalue weighted by molar-refractivity contribution is -0.152. The van der Waals surface area contributed by atoms with Gasteiger partial charge < -0.3 is 15.4 Å². The Bertz CT molecular complexity index is 759. The van der Waals surface area contributed by atoms with Crippen molar-refractivity contribution >= 4 is 46.6 Å². The molecule has 0 spiro atoms. The first-order valence-corrected chi connectivity index (χ1v) is 7.52. The van der Waals surface area contributed by atoms with E-state index in [1.54, 1.807) is 6.07 Å². The number of halogens is 1. The summed E-state index contributed by atoms with van der Waals surface area (Å²) in [5, 5.41) is 14.4. The van der Waals surface area contributed by atoms with Gasteiger partial charge in [0.15, 0.2) is 22.4 Å². The van der Waals surface area contributed by atoms with E-state index in [9.17, 15) is 19.6 Å². The van der Waals surface area contributed by atoms with E-state index in [1.807, 2.05) is 0 Å². The maximum Gasteiger partial charge on any atom is 0.334 e. The molecule has 1 saturated heterocycles. The largest absolute Gasteiger partial charge is 0.467 e. The smallest absolute Gasteiger partial charge is 0.334 e. The number of thiocarbonyl (C=S) groups is 1. The summed E-state index contributed by atoms with van der Waals surface area (Å²) in [5.74, 6) is -3.64. The lowest BCUT2D eigenvalue weighted by Gasteiger charge is -2.38. The zero-order valence-corrected chi connectivity index (χ0v) is 14.0. The number of carbonyl (C=O) groups excluding carboxylic acids is 3. The van der Waals surface area contributed by atoms with Gasteiger partial charge in [-0.2, -0.15) is 5.26 Å². The number of amides is 1. The Hall–Kier alpha value is -2.50. The zero-order valence-electron chi connectivity index (χ0n) is 12.5. The van der Waals surface area contributed by atoms with Crippen LogP contribution in [-0.2, 0) is 14.3 Å². The molecule has 1 aliphatic heterocycles. The summed E-state index contributed by atoms with van der Waals surface area (Å²) in [5.41, 5.74) is -1.61. The average Bonchev–Trinajstić information content (AvgIpc) is 2.54. The highest BCUT2D eigenvalue weighted by Gasteiger charge is 2.55. The second kappa shape index (κ2) is 6.95. The van der Waals surface area contributed by atoms with Gasteiger partial charge >= 0.3 is 5.97 Å². The van der Waals surface area contributed by atoms with E-state index in [2.05, 4.69) is 10.6 Å². The zero-order chi connectivity index (χ0) is 17.9.